The second kappa shape index (κ2) is 6.02. The molecule has 0 heterocycles. The molecule has 5 heteroatoms. The van der Waals surface area contributed by atoms with Crippen LogP contribution < -0.4 is 16.0 Å². The number of hydrazine groups is 1. The molecule has 2 aromatic rings. The molecule has 0 aromatic heterocycles. The van der Waals surface area contributed by atoms with E-state index in [0.29, 0.717) is 11.7 Å². The Morgan fingerprint density at radius 1 is 1.19 bits per heavy atom. The molecule has 1 aliphatic carbocycles. The third-order valence-electron chi connectivity index (χ3n) is 3.50. The molecule has 1 fully saturated rings. The third kappa shape index (κ3) is 3.18. The number of halogens is 2. The summed E-state index contributed by atoms with van der Waals surface area (Å²) in [5.41, 5.74) is 4.19. The van der Waals surface area contributed by atoms with E-state index in [1.165, 1.54) is 6.07 Å². The van der Waals surface area contributed by atoms with Crippen molar-refractivity contribution in [1.82, 2.24) is 5.43 Å². The minimum absolute atomic E-state index is 0.0822. The predicted molar refractivity (Wildman–Crippen MR) is 80.7 cm³/mol. The maximum absolute atomic E-state index is 13.6. The predicted octanol–water partition coefficient (Wildman–Crippen LogP) is 3.57. The van der Waals surface area contributed by atoms with Gasteiger partial charge in [-0.3, -0.25) is 5.84 Å². The summed E-state index contributed by atoms with van der Waals surface area (Å²) >= 11 is 6.03. The molecule has 0 radical (unpaired) electrons. The molecule has 0 saturated heterocycles. The van der Waals surface area contributed by atoms with E-state index in [1.54, 1.807) is 12.1 Å². The molecule has 0 bridgehead atoms. The Morgan fingerprint density at radius 3 is 2.52 bits per heavy atom. The highest BCUT2D eigenvalue weighted by Crippen LogP contribution is 2.31. The fourth-order valence-corrected chi connectivity index (χ4v) is 2.46. The lowest BCUT2D eigenvalue weighted by atomic mass is 9.99. The van der Waals surface area contributed by atoms with E-state index in [0.717, 1.165) is 24.2 Å². The van der Waals surface area contributed by atoms with Gasteiger partial charge in [0, 0.05) is 0 Å². The smallest absolute Gasteiger partial charge is 0.142 e. The Kier molecular flexibility index (Phi) is 4.10. The average molecular weight is 307 g/mol. The van der Waals surface area contributed by atoms with Crippen LogP contribution >= 0.6 is 11.6 Å². The van der Waals surface area contributed by atoms with E-state index in [-0.39, 0.29) is 11.1 Å². The van der Waals surface area contributed by atoms with E-state index in [4.69, 9.17) is 22.2 Å². The molecule has 1 aliphatic rings. The van der Waals surface area contributed by atoms with Crippen LogP contribution in [-0.2, 0) is 0 Å². The first-order chi connectivity index (χ1) is 10.2. The lowest BCUT2D eigenvalue weighted by molar-refractivity contribution is 0.303. The number of benzene rings is 2. The van der Waals surface area contributed by atoms with Crippen molar-refractivity contribution in [3.63, 3.8) is 0 Å². The highest BCUT2D eigenvalue weighted by molar-refractivity contribution is 6.31. The van der Waals surface area contributed by atoms with Crippen molar-refractivity contribution >= 4 is 11.6 Å². The first kappa shape index (κ1) is 14.3. The zero-order chi connectivity index (χ0) is 14.8. The maximum atomic E-state index is 13.6. The molecule has 1 atom stereocenters. The van der Waals surface area contributed by atoms with Crippen LogP contribution in [0.2, 0.25) is 5.02 Å². The molecule has 21 heavy (non-hydrogen) atoms. The highest BCUT2D eigenvalue weighted by atomic mass is 35.5. The monoisotopic (exact) mass is 306 g/mol. The van der Waals surface area contributed by atoms with Gasteiger partial charge in [-0.05, 0) is 42.2 Å². The summed E-state index contributed by atoms with van der Waals surface area (Å²) in [5, 5.41) is 0.0822. The van der Waals surface area contributed by atoms with Crippen molar-refractivity contribution in [2.75, 3.05) is 0 Å². The van der Waals surface area contributed by atoms with Gasteiger partial charge in [-0.15, -0.1) is 0 Å². The van der Waals surface area contributed by atoms with E-state index < -0.39 is 5.82 Å². The zero-order valence-electron chi connectivity index (χ0n) is 11.4. The highest BCUT2D eigenvalue weighted by Gasteiger charge is 2.23. The van der Waals surface area contributed by atoms with Crippen molar-refractivity contribution in [1.29, 1.82) is 0 Å². The Morgan fingerprint density at radius 2 is 1.90 bits per heavy atom. The van der Waals surface area contributed by atoms with E-state index in [9.17, 15) is 4.39 Å². The Balaban J connectivity index is 1.86. The Labute approximate surface area is 127 Å². The summed E-state index contributed by atoms with van der Waals surface area (Å²) in [5.74, 6) is 6.00. The van der Waals surface area contributed by atoms with Crippen molar-refractivity contribution in [2.24, 2.45) is 5.84 Å². The zero-order valence-corrected chi connectivity index (χ0v) is 12.1. The van der Waals surface area contributed by atoms with Crippen LogP contribution in [0.15, 0.2) is 42.5 Å². The molecule has 1 unspecified atom stereocenters. The standard InChI is InChI=1S/C16H16ClFN2O/c17-15-13(2-1-3-14(15)18)16(20-19)10-4-6-11(7-5-10)21-12-8-9-12/h1-7,12,16,20H,8-9,19H2. The summed E-state index contributed by atoms with van der Waals surface area (Å²) in [4.78, 5) is 0. The van der Waals surface area contributed by atoms with Gasteiger partial charge in [-0.2, -0.15) is 0 Å². The Bertz CT molecular complexity index is 629. The Hall–Kier alpha value is -1.62. The van der Waals surface area contributed by atoms with E-state index in [2.05, 4.69) is 5.43 Å². The molecule has 3 N–H and O–H groups in total. The minimum atomic E-state index is -0.455. The summed E-state index contributed by atoms with van der Waals surface area (Å²) < 4.78 is 19.3. The van der Waals surface area contributed by atoms with Crippen LogP contribution in [0, 0.1) is 5.82 Å². The summed E-state index contributed by atoms with van der Waals surface area (Å²) in [6, 6.07) is 11.9. The molecule has 0 spiro atoms. The van der Waals surface area contributed by atoms with E-state index >= 15 is 0 Å². The molecule has 0 amide bonds. The molecular weight excluding hydrogens is 291 g/mol. The summed E-state index contributed by atoms with van der Waals surface area (Å²) in [6.07, 6.45) is 2.60. The number of hydrogen-bond acceptors (Lipinski definition) is 3. The molecule has 1 saturated carbocycles. The lowest BCUT2D eigenvalue weighted by Gasteiger charge is -2.19. The first-order valence-corrected chi connectivity index (χ1v) is 7.23. The fraction of sp³-hybridized carbons (Fsp3) is 0.250. The van der Waals surface area contributed by atoms with Gasteiger partial charge in [0.05, 0.1) is 17.2 Å². The van der Waals surface area contributed by atoms with Gasteiger partial charge in [0.15, 0.2) is 0 Å². The van der Waals surface area contributed by atoms with Gasteiger partial charge in [0.1, 0.15) is 11.6 Å². The van der Waals surface area contributed by atoms with E-state index in [1.807, 2.05) is 24.3 Å². The van der Waals surface area contributed by atoms with Crippen molar-refractivity contribution < 1.29 is 9.13 Å². The van der Waals surface area contributed by atoms with Gasteiger partial charge < -0.3 is 4.74 Å². The molecule has 0 aliphatic heterocycles. The normalized spacial score (nSPS) is 15.8. The number of rotatable bonds is 5. The van der Waals surface area contributed by atoms with Crippen LogP contribution in [0.3, 0.4) is 0 Å². The SMILES string of the molecule is NNC(c1ccc(OC2CC2)cc1)c1cccc(F)c1Cl. The molecular formula is C16H16ClFN2O. The number of ether oxygens (including phenoxy) is 1. The van der Waals surface area contributed by atoms with Crippen molar-refractivity contribution in [3.8, 4) is 5.75 Å². The van der Waals surface area contributed by atoms with Gasteiger partial charge in [-0.25, -0.2) is 9.82 Å². The average Bonchev–Trinajstić information content (AvgIpc) is 3.30. The molecule has 2 aromatic carbocycles. The fourth-order valence-electron chi connectivity index (χ4n) is 2.23. The van der Waals surface area contributed by atoms with Crippen LogP contribution in [0.25, 0.3) is 0 Å². The van der Waals surface area contributed by atoms with Gasteiger partial charge in [-0.1, -0.05) is 35.9 Å². The van der Waals surface area contributed by atoms with Crippen LogP contribution in [0.4, 0.5) is 4.39 Å². The third-order valence-corrected chi connectivity index (χ3v) is 3.90. The van der Waals surface area contributed by atoms with Gasteiger partial charge in [0.2, 0.25) is 0 Å². The number of hydrogen-bond donors (Lipinski definition) is 2. The number of nitrogens with two attached hydrogens (primary N) is 1. The van der Waals surface area contributed by atoms with Crippen LogP contribution in [-0.4, -0.2) is 6.10 Å². The minimum Gasteiger partial charge on any atom is -0.490 e. The van der Waals surface area contributed by atoms with Crippen molar-refractivity contribution in [3.05, 3.63) is 64.4 Å². The summed E-state index contributed by atoms with van der Waals surface area (Å²) in [7, 11) is 0. The topological polar surface area (TPSA) is 47.3 Å². The van der Waals surface area contributed by atoms with Gasteiger partial charge >= 0.3 is 0 Å². The number of nitrogens with one attached hydrogen (secondary N) is 1. The maximum Gasteiger partial charge on any atom is 0.142 e. The second-order valence-electron chi connectivity index (χ2n) is 5.13. The van der Waals surface area contributed by atoms with Crippen LogP contribution in [0.1, 0.15) is 30.0 Å². The van der Waals surface area contributed by atoms with Gasteiger partial charge in [0.25, 0.3) is 0 Å². The molecule has 110 valence electrons. The van der Waals surface area contributed by atoms with Crippen LogP contribution in [0.5, 0.6) is 5.75 Å². The quantitative estimate of drug-likeness (QED) is 0.656. The molecule has 3 rings (SSSR count). The first-order valence-electron chi connectivity index (χ1n) is 6.85. The second-order valence-corrected chi connectivity index (χ2v) is 5.51. The summed E-state index contributed by atoms with van der Waals surface area (Å²) in [6.45, 7) is 0. The lowest BCUT2D eigenvalue weighted by Crippen LogP contribution is -2.29. The largest absolute Gasteiger partial charge is 0.490 e. The molecule has 3 nitrogen and oxygen atoms in total. The van der Waals surface area contributed by atoms with Crippen molar-refractivity contribution in [2.45, 2.75) is 25.0 Å².